The van der Waals surface area contributed by atoms with Gasteiger partial charge in [-0.1, -0.05) is 0 Å². The van der Waals surface area contributed by atoms with Gasteiger partial charge >= 0.3 is 12.1 Å². The molecule has 1 N–H and O–H groups in total. The third-order valence-electron chi connectivity index (χ3n) is 4.77. The molecular formula is C16H18FN7O3. The summed E-state index contributed by atoms with van der Waals surface area (Å²) in [6.07, 6.45) is 2.37. The number of carbonyl (C=O) groups is 2. The zero-order valence-corrected chi connectivity index (χ0v) is 14.6. The molecule has 2 aliphatic rings. The van der Waals surface area contributed by atoms with Crippen LogP contribution in [0.25, 0.3) is 5.69 Å². The summed E-state index contributed by atoms with van der Waals surface area (Å²) in [5.41, 5.74) is -0.167. The first kappa shape index (κ1) is 17.2. The molecule has 0 aliphatic carbocycles. The average molecular weight is 375 g/mol. The van der Waals surface area contributed by atoms with E-state index in [9.17, 15) is 14.0 Å². The molecule has 0 saturated carbocycles. The van der Waals surface area contributed by atoms with Crippen LogP contribution in [0.2, 0.25) is 0 Å². The quantitative estimate of drug-likeness (QED) is 0.847. The molecule has 1 atom stereocenters. The van der Waals surface area contributed by atoms with Crippen LogP contribution in [-0.2, 0) is 4.74 Å². The number of nitrogens with one attached hydrogen (secondary N) is 1. The van der Waals surface area contributed by atoms with E-state index in [1.54, 1.807) is 11.9 Å². The van der Waals surface area contributed by atoms with Gasteiger partial charge in [0.25, 0.3) is 0 Å². The van der Waals surface area contributed by atoms with Gasteiger partial charge in [-0.2, -0.15) is 0 Å². The van der Waals surface area contributed by atoms with E-state index in [4.69, 9.17) is 4.74 Å². The van der Waals surface area contributed by atoms with Crippen molar-refractivity contribution in [1.29, 1.82) is 0 Å². The topological polar surface area (TPSA) is 105 Å². The number of piperidine rings is 1. The lowest BCUT2D eigenvalue weighted by Gasteiger charge is -2.38. The summed E-state index contributed by atoms with van der Waals surface area (Å²) in [5.74, 6) is -0.570. The Morgan fingerprint density at radius 1 is 1.37 bits per heavy atom. The number of urea groups is 1. The van der Waals surface area contributed by atoms with Crippen molar-refractivity contribution in [1.82, 2.24) is 30.0 Å². The number of halogens is 1. The molecule has 1 aromatic carbocycles. The highest BCUT2D eigenvalue weighted by Gasteiger charge is 2.47. The van der Waals surface area contributed by atoms with Gasteiger partial charge in [-0.15, -0.1) is 5.10 Å². The number of hydrogen-bond acceptors (Lipinski definition) is 6. The third-order valence-corrected chi connectivity index (χ3v) is 4.77. The van der Waals surface area contributed by atoms with Gasteiger partial charge in [-0.05, 0) is 41.5 Å². The summed E-state index contributed by atoms with van der Waals surface area (Å²) in [7, 11) is 1.66. The van der Waals surface area contributed by atoms with E-state index in [2.05, 4.69) is 20.8 Å². The maximum atomic E-state index is 14.2. The van der Waals surface area contributed by atoms with Crippen molar-refractivity contribution in [3.63, 3.8) is 0 Å². The molecule has 142 valence electrons. The van der Waals surface area contributed by atoms with Crippen molar-refractivity contribution < 1.29 is 18.7 Å². The minimum Gasteiger partial charge on any atom is -0.439 e. The first-order valence-electron chi connectivity index (χ1n) is 8.49. The standard InChI is InChI=1S/C16H18FN7O3/c1-22-8-16(27-15(22)26)5-2-6-23(9-16)14(25)19-13-7-11(3-4-12(13)17)24-10-18-20-21-24/h3-4,7,10H,2,5-6,8-9H2,1H3,(H,19,25). The van der Waals surface area contributed by atoms with Crippen LogP contribution in [0.3, 0.4) is 0 Å². The number of rotatable bonds is 2. The fourth-order valence-electron chi connectivity index (χ4n) is 3.50. The van der Waals surface area contributed by atoms with Crippen molar-refractivity contribution in [3.05, 3.63) is 30.3 Å². The monoisotopic (exact) mass is 375 g/mol. The van der Waals surface area contributed by atoms with E-state index < -0.39 is 23.5 Å². The zero-order valence-electron chi connectivity index (χ0n) is 14.6. The molecule has 27 heavy (non-hydrogen) atoms. The second-order valence-corrected chi connectivity index (χ2v) is 6.78. The van der Waals surface area contributed by atoms with Crippen LogP contribution in [0.5, 0.6) is 0 Å². The molecular weight excluding hydrogens is 357 g/mol. The largest absolute Gasteiger partial charge is 0.439 e. The van der Waals surface area contributed by atoms with E-state index in [0.717, 1.165) is 0 Å². The minimum absolute atomic E-state index is 0.0214. The van der Waals surface area contributed by atoms with Crippen LogP contribution >= 0.6 is 0 Å². The molecule has 4 rings (SSSR count). The molecule has 0 bridgehead atoms. The van der Waals surface area contributed by atoms with Crippen molar-refractivity contribution >= 4 is 17.8 Å². The van der Waals surface area contributed by atoms with E-state index in [1.807, 2.05) is 0 Å². The number of anilines is 1. The molecule has 0 radical (unpaired) electrons. The summed E-state index contributed by atoms with van der Waals surface area (Å²) in [4.78, 5) is 27.4. The number of likely N-dealkylation sites (N-methyl/N-ethyl adjacent to an activating group) is 1. The number of carbonyl (C=O) groups excluding carboxylic acids is 2. The molecule has 1 spiro atoms. The molecule has 11 heteroatoms. The van der Waals surface area contributed by atoms with Gasteiger partial charge < -0.3 is 19.9 Å². The Hall–Kier alpha value is -3.24. The summed E-state index contributed by atoms with van der Waals surface area (Å²) >= 11 is 0. The summed E-state index contributed by atoms with van der Waals surface area (Å²) < 4.78 is 21.0. The highest BCUT2D eigenvalue weighted by molar-refractivity contribution is 5.90. The number of nitrogens with zero attached hydrogens (tertiary/aromatic N) is 6. The Morgan fingerprint density at radius 2 is 2.22 bits per heavy atom. The van der Waals surface area contributed by atoms with Gasteiger partial charge in [-0.3, -0.25) is 0 Å². The van der Waals surface area contributed by atoms with Gasteiger partial charge in [-0.25, -0.2) is 18.7 Å². The van der Waals surface area contributed by atoms with Gasteiger partial charge in [0.15, 0.2) is 0 Å². The fourth-order valence-corrected chi connectivity index (χ4v) is 3.50. The first-order valence-corrected chi connectivity index (χ1v) is 8.49. The number of likely N-dealkylation sites (tertiary alicyclic amines) is 1. The van der Waals surface area contributed by atoms with E-state index >= 15 is 0 Å². The summed E-state index contributed by atoms with van der Waals surface area (Å²) in [6, 6.07) is 3.74. The lowest BCUT2D eigenvalue weighted by atomic mass is 9.93. The molecule has 1 unspecified atom stereocenters. The normalized spacial score (nSPS) is 22.2. The lowest BCUT2D eigenvalue weighted by Crippen LogP contribution is -2.53. The van der Waals surface area contributed by atoms with Crippen molar-refractivity contribution in [2.45, 2.75) is 18.4 Å². The maximum absolute atomic E-state index is 14.2. The number of benzene rings is 1. The summed E-state index contributed by atoms with van der Waals surface area (Å²) in [5, 5.41) is 13.4. The van der Waals surface area contributed by atoms with E-state index in [-0.39, 0.29) is 12.2 Å². The van der Waals surface area contributed by atoms with Crippen LogP contribution in [-0.4, -0.2) is 74.4 Å². The second-order valence-electron chi connectivity index (χ2n) is 6.78. The maximum Gasteiger partial charge on any atom is 0.410 e. The zero-order chi connectivity index (χ0) is 19.0. The Labute approximate surface area is 153 Å². The Balaban J connectivity index is 1.49. The molecule has 2 aliphatic heterocycles. The average Bonchev–Trinajstić information content (AvgIpc) is 3.26. The summed E-state index contributed by atoms with van der Waals surface area (Å²) in [6.45, 7) is 1.20. The highest BCUT2D eigenvalue weighted by atomic mass is 19.1. The van der Waals surface area contributed by atoms with Crippen molar-refractivity contribution in [2.75, 3.05) is 32.0 Å². The van der Waals surface area contributed by atoms with Gasteiger partial charge in [0.2, 0.25) is 0 Å². The molecule has 3 amide bonds. The molecule has 3 heterocycles. The Morgan fingerprint density at radius 3 is 2.93 bits per heavy atom. The third kappa shape index (κ3) is 3.27. The van der Waals surface area contributed by atoms with Crippen LogP contribution in [0.15, 0.2) is 24.5 Å². The number of tetrazole rings is 1. The molecule has 2 fully saturated rings. The van der Waals surface area contributed by atoms with Gasteiger partial charge in [0.1, 0.15) is 17.7 Å². The van der Waals surface area contributed by atoms with Gasteiger partial charge in [0, 0.05) is 13.6 Å². The molecule has 2 saturated heterocycles. The number of aromatic nitrogens is 4. The van der Waals surface area contributed by atoms with Crippen LogP contribution < -0.4 is 5.32 Å². The minimum atomic E-state index is -0.700. The number of ether oxygens (including phenoxy) is 1. The number of hydrogen-bond donors (Lipinski definition) is 1. The highest BCUT2D eigenvalue weighted by Crippen LogP contribution is 2.31. The fraction of sp³-hybridized carbons (Fsp3) is 0.438. The predicted molar refractivity (Wildman–Crippen MR) is 90.8 cm³/mol. The SMILES string of the molecule is CN1CC2(CCCN(C(=O)Nc3cc(-n4cnnn4)ccc3F)C2)OC1=O. The molecule has 1 aromatic heterocycles. The van der Waals surface area contributed by atoms with E-state index in [0.29, 0.717) is 31.6 Å². The second kappa shape index (κ2) is 6.49. The first-order chi connectivity index (χ1) is 13.0. The van der Waals surface area contributed by atoms with Crippen LogP contribution in [0.1, 0.15) is 12.8 Å². The van der Waals surface area contributed by atoms with Crippen molar-refractivity contribution in [2.24, 2.45) is 0 Å². The predicted octanol–water partition coefficient (Wildman–Crippen LogP) is 1.25. The Bertz CT molecular complexity index is 875. The number of amides is 3. The smallest absolute Gasteiger partial charge is 0.410 e. The van der Waals surface area contributed by atoms with Crippen molar-refractivity contribution in [3.8, 4) is 5.69 Å². The van der Waals surface area contributed by atoms with Crippen LogP contribution in [0, 0.1) is 5.82 Å². The van der Waals surface area contributed by atoms with E-state index in [1.165, 1.54) is 34.1 Å². The Kier molecular flexibility index (Phi) is 4.13. The van der Waals surface area contributed by atoms with Crippen LogP contribution in [0.4, 0.5) is 19.7 Å². The molecule has 2 aromatic rings. The molecule has 10 nitrogen and oxygen atoms in total. The van der Waals surface area contributed by atoms with Gasteiger partial charge in [0.05, 0.1) is 24.5 Å². The lowest BCUT2D eigenvalue weighted by molar-refractivity contribution is 0.00497.